The number of rotatable bonds is 3. The molecule has 1 aromatic carbocycles. The van der Waals surface area contributed by atoms with Crippen molar-refractivity contribution in [3.8, 4) is 0 Å². The summed E-state index contributed by atoms with van der Waals surface area (Å²) in [7, 11) is 0. The van der Waals surface area contributed by atoms with Gasteiger partial charge in [0.15, 0.2) is 0 Å². The average Bonchev–Trinajstić information content (AvgIpc) is 2.37. The molecule has 1 aliphatic carbocycles. The van der Waals surface area contributed by atoms with Crippen molar-refractivity contribution in [3.05, 3.63) is 35.6 Å². The molecule has 0 aliphatic heterocycles. The standard InChI is InChI=1S/C14H18FNO2/c15-13-7-2-1-6-12(13)14(18)16-9-10-4-3-5-11(17)8-10/h1-2,6-7,10-11,17H,3-5,8-9H2,(H,16,18). The van der Waals surface area contributed by atoms with Gasteiger partial charge in [-0.2, -0.15) is 0 Å². The number of aliphatic hydroxyl groups excluding tert-OH is 1. The van der Waals surface area contributed by atoms with Crippen LogP contribution in [0.2, 0.25) is 0 Å². The molecule has 0 bridgehead atoms. The number of halogens is 1. The molecule has 2 rings (SSSR count). The van der Waals surface area contributed by atoms with Gasteiger partial charge in [-0.15, -0.1) is 0 Å². The Bertz CT molecular complexity index is 422. The summed E-state index contributed by atoms with van der Waals surface area (Å²) in [6.45, 7) is 0.504. The molecule has 0 aromatic heterocycles. The minimum atomic E-state index is -0.501. The lowest BCUT2D eigenvalue weighted by molar-refractivity contribution is 0.0871. The molecule has 4 heteroatoms. The Morgan fingerprint density at radius 1 is 1.39 bits per heavy atom. The lowest BCUT2D eigenvalue weighted by atomic mass is 9.87. The van der Waals surface area contributed by atoms with Gasteiger partial charge in [0.2, 0.25) is 0 Å². The summed E-state index contributed by atoms with van der Waals surface area (Å²) in [5.74, 6) is -0.587. The van der Waals surface area contributed by atoms with E-state index >= 15 is 0 Å². The second-order valence-corrected chi connectivity index (χ2v) is 4.88. The Balaban J connectivity index is 1.87. The number of carbonyl (C=O) groups excluding carboxylic acids is 1. The molecule has 0 saturated heterocycles. The highest BCUT2D eigenvalue weighted by Crippen LogP contribution is 2.23. The number of carbonyl (C=O) groups is 1. The van der Waals surface area contributed by atoms with Crippen LogP contribution in [0.15, 0.2) is 24.3 Å². The summed E-state index contributed by atoms with van der Waals surface area (Å²) in [6, 6.07) is 5.95. The van der Waals surface area contributed by atoms with E-state index in [1.54, 1.807) is 12.1 Å². The summed E-state index contributed by atoms with van der Waals surface area (Å²) < 4.78 is 13.4. The molecule has 1 fully saturated rings. The van der Waals surface area contributed by atoms with E-state index in [0.717, 1.165) is 25.7 Å². The van der Waals surface area contributed by atoms with Gasteiger partial charge in [0.05, 0.1) is 11.7 Å². The Morgan fingerprint density at radius 3 is 2.89 bits per heavy atom. The van der Waals surface area contributed by atoms with Crippen LogP contribution >= 0.6 is 0 Å². The second kappa shape index (κ2) is 5.96. The van der Waals surface area contributed by atoms with Crippen LogP contribution in [-0.4, -0.2) is 23.7 Å². The van der Waals surface area contributed by atoms with Crippen LogP contribution in [0.25, 0.3) is 0 Å². The fraction of sp³-hybridized carbons (Fsp3) is 0.500. The molecule has 0 heterocycles. The van der Waals surface area contributed by atoms with Gasteiger partial charge < -0.3 is 10.4 Å². The molecule has 0 spiro atoms. The molecular formula is C14H18FNO2. The van der Waals surface area contributed by atoms with Gasteiger partial charge >= 0.3 is 0 Å². The lowest BCUT2D eigenvalue weighted by Crippen LogP contribution is -2.33. The van der Waals surface area contributed by atoms with Crippen molar-refractivity contribution in [1.82, 2.24) is 5.32 Å². The molecule has 98 valence electrons. The quantitative estimate of drug-likeness (QED) is 0.864. The summed E-state index contributed by atoms with van der Waals surface area (Å²) in [6.07, 6.45) is 3.31. The van der Waals surface area contributed by atoms with Crippen molar-refractivity contribution in [1.29, 1.82) is 0 Å². The van der Waals surface area contributed by atoms with Crippen LogP contribution in [-0.2, 0) is 0 Å². The number of hydrogen-bond donors (Lipinski definition) is 2. The number of hydrogen-bond acceptors (Lipinski definition) is 2. The maximum Gasteiger partial charge on any atom is 0.254 e. The third kappa shape index (κ3) is 3.29. The molecular weight excluding hydrogens is 233 g/mol. The Labute approximate surface area is 106 Å². The second-order valence-electron chi connectivity index (χ2n) is 4.88. The topological polar surface area (TPSA) is 49.3 Å². The molecule has 0 radical (unpaired) electrons. The highest BCUT2D eigenvalue weighted by atomic mass is 19.1. The molecule has 1 aromatic rings. The largest absolute Gasteiger partial charge is 0.393 e. The molecule has 2 N–H and O–H groups in total. The maximum absolute atomic E-state index is 13.4. The number of benzene rings is 1. The summed E-state index contributed by atoms with van der Waals surface area (Å²) >= 11 is 0. The van der Waals surface area contributed by atoms with Gasteiger partial charge in [-0.05, 0) is 37.3 Å². The van der Waals surface area contributed by atoms with Crippen LogP contribution in [0.3, 0.4) is 0 Å². The van der Waals surface area contributed by atoms with Gasteiger partial charge in [-0.3, -0.25) is 4.79 Å². The highest BCUT2D eigenvalue weighted by molar-refractivity contribution is 5.94. The van der Waals surface area contributed by atoms with E-state index in [0.29, 0.717) is 12.5 Å². The first-order chi connectivity index (χ1) is 8.66. The van der Waals surface area contributed by atoms with Crippen molar-refractivity contribution in [3.63, 3.8) is 0 Å². The van der Waals surface area contributed by atoms with Crippen LogP contribution in [0.1, 0.15) is 36.0 Å². The predicted molar refractivity (Wildman–Crippen MR) is 66.7 cm³/mol. The van der Waals surface area contributed by atoms with E-state index in [4.69, 9.17) is 0 Å². The van der Waals surface area contributed by atoms with Gasteiger partial charge in [-0.25, -0.2) is 4.39 Å². The predicted octanol–water partition coefficient (Wildman–Crippen LogP) is 2.11. The first-order valence-corrected chi connectivity index (χ1v) is 6.37. The summed E-state index contributed by atoms with van der Waals surface area (Å²) in [4.78, 5) is 11.8. The van der Waals surface area contributed by atoms with Gasteiger partial charge in [-0.1, -0.05) is 18.6 Å². The zero-order valence-electron chi connectivity index (χ0n) is 10.2. The molecule has 2 unspecified atom stereocenters. The van der Waals surface area contributed by atoms with E-state index in [1.807, 2.05) is 0 Å². The van der Waals surface area contributed by atoms with E-state index in [2.05, 4.69) is 5.32 Å². The van der Waals surface area contributed by atoms with E-state index < -0.39 is 5.82 Å². The van der Waals surface area contributed by atoms with Gasteiger partial charge in [0.1, 0.15) is 5.82 Å². The minimum Gasteiger partial charge on any atom is -0.393 e. The number of nitrogens with one attached hydrogen (secondary N) is 1. The smallest absolute Gasteiger partial charge is 0.254 e. The molecule has 1 amide bonds. The molecule has 1 saturated carbocycles. The average molecular weight is 251 g/mol. The van der Waals surface area contributed by atoms with Crippen molar-refractivity contribution in [2.45, 2.75) is 31.8 Å². The van der Waals surface area contributed by atoms with Crippen LogP contribution in [0.4, 0.5) is 4.39 Å². The van der Waals surface area contributed by atoms with Crippen LogP contribution in [0.5, 0.6) is 0 Å². The monoisotopic (exact) mass is 251 g/mol. The minimum absolute atomic E-state index is 0.0776. The molecule has 1 aliphatic rings. The summed E-state index contributed by atoms with van der Waals surface area (Å²) in [5, 5.41) is 12.3. The van der Waals surface area contributed by atoms with E-state index in [9.17, 15) is 14.3 Å². The zero-order chi connectivity index (χ0) is 13.0. The molecule has 18 heavy (non-hydrogen) atoms. The van der Waals surface area contributed by atoms with E-state index in [1.165, 1.54) is 12.1 Å². The Kier molecular flexibility index (Phi) is 4.31. The van der Waals surface area contributed by atoms with E-state index in [-0.39, 0.29) is 17.6 Å². The third-order valence-electron chi connectivity index (χ3n) is 3.42. The fourth-order valence-corrected chi connectivity index (χ4v) is 2.43. The van der Waals surface area contributed by atoms with Crippen LogP contribution in [0, 0.1) is 11.7 Å². The molecule has 3 nitrogen and oxygen atoms in total. The lowest BCUT2D eigenvalue weighted by Gasteiger charge is -2.25. The zero-order valence-corrected chi connectivity index (χ0v) is 10.2. The van der Waals surface area contributed by atoms with Crippen molar-refractivity contribution in [2.24, 2.45) is 5.92 Å². The van der Waals surface area contributed by atoms with Gasteiger partial charge in [0, 0.05) is 6.54 Å². The first kappa shape index (κ1) is 13.0. The molecule has 2 atom stereocenters. The fourth-order valence-electron chi connectivity index (χ4n) is 2.43. The first-order valence-electron chi connectivity index (χ1n) is 6.37. The van der Waals surface area contributed by atoms with Crippen molar-refractivity contribution < 1.29 is 14.3 Å². The Hall–Kier alpha value is -1.42. The summed E-state index contributed by atoms with van der Waals surface area (Å²) in [5.41, 5.74) is 0.0776. The maximum atomic E-state index is 13.4. The highest BCUT2D eigenvalue weighted by Gasteiger charge is 2.21. The third-order valence-corrected chi connectivity index (χ3v) is 3.42. The normalized spacial score (nSPS) is 23.7. The SMILES string of the molecule is O=C(NCC1CCCC(O)C1)c1ccccc1F. The van der Waals surface area contributed by atoms with Crippen molar-refractivity contribution >= 4 is 5.91 Å². The van der Waals surface area contributed by atoms with Crippen molar-refractivity contribution in [2.75, 3.05) is 6.54 Å². The Morgan fingerprint density at radius 2 is 2.17 bits per heavy atom. The van der Waals surface area contributed by atoms with Crippen LogP contribution < -0.4 is 5.32 Å². The van der Waals surface area contributed by atoms with Gasteiger partial charge in [0.25, 0.3) is 5.91 Å². The number of aliphatic hydroxyl groups is 1. The number of amides is 1.